The number of hydrogen-bond donors (Lipinski definition) is 0. The second-order valence-electron chi connectivity index (χ2n) is 4.11. The summed E-state index contributed by atoms with van der Waals surface area (Å²) in [4.78, 5) is 27.0. The minimum atomic E-state index is -0.446. The van der Waals surface area contributed by atoms with Crippen molar-refractivity contribution in [3.63, 3.8) is 0 Å². The van der Waals surface area contributed by atoms with Gasteiger partial charge in [0.2, 0.25) is 0 Å². The van der Waals surface area contributed by atoms with Crippen LogP contribution in [0.15, 0.2) is 36.8 Å². The van der Waals surface area contributed by atoms with E-state index < -0.39 is 5.97 Å². The zero-order valence-electron chi connectivity index (χ0n) is 10.8. The highest BCUT2D eigenvalue weighted by atomic mass is 16.5. The van der Waals surface area contributed by atoms with Crippen LogP contribution in [0.25, 0.3) is 0 Å². The van der Waals surface area contributed by atoms with Crippen LogP contribution in [-0.4, -0.2) is 28.4 Å². The molecule has 98 valence electrons. The van der Waals surface area contributed by atoms with Gasteiger partial charge in [0.25, 0.3) is 0 Å². The number of esters is 1. The van der Waals surface area contributed by atoms with Gasteiger partial charge < -0.3 is 9.30 Å². The molecule has 19 heavy (non-hydrogen) atoms. The molecule has 0 bridgehead atoms. The average Bonchev–Trinajstić information content (AvgIpc) is 2.86. The minimum Gasteiger partial charge on any atom is -0.464 e. The average molecular weight is 258 g/mol. The van der Waals surface area contributed by atoms with Crippen molar-refractivity contribution in [1.82, 2.24) is 9.55 Å². The summed E-state index contributed by atoms with van der Waals surface area (Å²) in [5.41, 5.74) is 1.85. The maximum Gasteiger partial charge on any atom is 0.356 e. The summed E-state index contributed by atoms with van der Waals surface area (Å²) in [7, 11) is 1.32. The van der Waals surface area contributed by atoms with Crippen molar-refractivity contribution in [3.05, 3.63) is 53.6 Å². The van der Waals surface area contributed by atoms with Gasteiger partial charge in [-0.1, -0.05) is 24.3 Å². The number of benzene rings is 1. The van der Waals surface area contributed by atoms with Crippen LogP contribution in [0.5, 0.6) is 0 Å². The van der Waals surface area contributed by atoms with Crippen molar-refractivity contribution in [2.75, 3.05) is 7.11 Å². The first kappa shape index (κ1) is 13.0. The molecule has 0 N–H and O–H groups in total. The Labute approximate surface area is 110 Å². The van der Waals surface area contributed by atoms with Gasteiger partial charge in [-0.2, -0.15) is 0 Å². The molecule has 0 spiro atoms. The van der Waals surface area contributed by atoms with E-state index in [1.807, 2.05) is 18.2 Å². The number of ether oxygens (including phenoxy) is 1. The van der Waals surface area contributed by atoms with E-state index in [2.05, 4.69) is 9.72 Å². The molecule has 5 heteroatoms. The van der Waals surface area contributed by atoms with E-state index in [1.54, 1.807) is 17.0 Å². The van der Waals surface area contributed by atoms with E-state index in [4.69, 9.17) is 0 Å². The fraction of sp³-hybridized carbons (Fsp3) is 0.214. The van der Waals surface area contributed by atoms with Gasteiger partial charge in [0, 0.05) is 5.56 Å². The molecule has 1 aromatic heterocycles. The Hall–Kier alpha value is -2.43. The number of nitrogens with zero attached hydrogens (tertiary/aromatic N) is 2. The van der Waals surface area contributed by atoms with E-state index in [0.29, 0.717) is 17.8 Å². The van der Waals surface area contributed by atoms with E-state index in [1.165, 1.54) is 20.2 Å². The van der Waals surface area contributed by atoms with Gasteiger partial charge in [0.15, 0.2) is 5.78 Å². The molecule has 0 aliphatic heterocycles. The normalized spacial score (nSPS) is 10.2. The highest BCUT2D eigenvalue weighted by Crippen LogP contribution is 2.13. The summed E-state index contributed by atoms with van der Waals surface area (Å²) >= 11 is 0. The predicted octanol–water partition coefficient (Wildman–Crippen LogP) is 1.92. The van der Waals surface area contributed by atoms with Crippen molar-refractivity contribution in [2.24, 2.45) is 0 Å². The third-order valence-corrected chi connectivity index (χ3v) is 2.84. The second kappa shape index (κ2) is 5.48. The molecule has 1 aromatic carbocycles. The summed E-state index contributed by atoms with van der Waals surface area (Å²) in [5.74, 6) is -0.451. The molecule has 1 heterocycles. The molecular formula is C14H14N2O3. The first-order chi connectivity index (χ1) is 9.13. The topological polar surface area (TPSA) is 61.2 Å². The lowest BCUT2D eigenvalue weighted by molar-refractivity contribution is 0.0589. The smallest absolute Gasteiger partial charge is 0.356 e. The van der Waals surface area contributed by atoms with Gasteiger partial charge in [0.05, 0.1) is 26.2 Å². The Balaban J connectivity index is 2.35. The SMILES string of the molecule is COC(=O)c1cncn1Cc1ccccc1C(C)=O. The van der Waals surface area contributed by atoms with Crippen LogP contribution in [0, 0.1) is 0 Å². The zero-order chi connectivity index (χ0) is 13.8. The Kier molecular flexibility index (Phi) is 3.75. The lowest BCUT2D eigenvalue weighted by atomic mass is 10.0. The number of aromatic nitrogens is 2. The molecular weight excluding hydrogens is 244 g/mol. The Bertz CT molecular complexity index is 617. The second-order valence-corrected chi connectivity index (χ2v) is 4.11. The highest BCUT2D eigenvalue weighted by Gasteiger charge is 2.14. The largest absolute Gasteiger partial charge is 0.464 e. The summed E-state index contributed by atoms with van der Waals surface area (Å²) in [6.45, 7) is 1.92. The van der Waals surface area contributed by atoms with Gasteiger partial charge >= 0.3 is 5.97 Å². The van der Waals surface area contributed by atoms with Crippen LogP contribution in [0.2, 0.25) is 0 Å². The maximum absolute atomic E-state index is 11.6. The summed E-state index contributed by atoms with van der Waals surface area (Å²) in [6.07, 6.45) is 2.99. The number of hydrogen-bond acceptors (Lipinski definition) is 4. The van der Waals surface area contributed by atoms with Crippen molar-refractivity contribution < 1.29 is 14.3 Å². The Morgan fingerprint density at radius 3 is 2.74 bits per heavy atom. The fourth-order valence-corrected chi connectivity index (χ4v) is 1.91. The summed E-state index contributed by atoms with van der Waals surface area (Å²) in [6, 6.07) is 7.30. The van der Waals surface area contributed by atoms with Crippen LogP contribution < -0.4 is 0 Å². The van der Waals surface area contributed by atoms with Crippen molar-refractivity contribution >= 4 is 11.8 Å². The quantitative estimate of drug-likeness (QED) is 0.621. The molecule has 0 unspecified atom stereocenters. The Morgan fingerprint density at radius 1 is 1.32 bits per heavy atom. The van der Waals surface area contributed by atoms with E-state index in [9.17, 15) is 9.59 Å². The van der Waals surface area contributed by atoms with Crippen molar-refractivity contribution in [1.29, 1.82) is 0 Å². The Morgan fingerprint density at radius 2 is 2.05 bits per heavy atom. The predicted molar refractivity (Wildman–Crippen MR) is 69.1 cm³/mol. The van der Waals surface area contributed by atoms with Crippen molar-refractivity contribution in [3.8, 4) is 0 Å². The minimum absolute atomic E-state index is 0.00432. The van der Waals surface area contributed by atoms with Gasteiger partial charge in [0.1, 0.15) is 5.69 Å². The molecule has 0 amide bonds. The van der Waals surface area contributed by atoms with Crippen LogP contribution in [0.1, 0.15) is 33.3 Å². The molecule has 0 atom stereocenters. The van der Waals surface area contributed by atoms with Crippen LogP contribution >= 0.6 is 0 Å². The number of imidazole rings is 1. The molecule has 5 nitrogen and oxygen atoms in total. The summed E-state index contributed by atoms with van der Waals surface area (Å²) < 4.78 is 6.34. The standard InChI is InChI=1S/C14H14N2O3/c1-10(17)12-6-4-3-5-11(12)8-16-9-15-7-13(16)14(18)19-2/h3-7,9H,8H2,1-2H3. The first-order valence-electron chi connectivity index (χ1n) is 5.80. The molecule has 0 saturated heterocycles. The van der Waals surface area contributed by atoms with Crippen LogP contribution in [0.3, 0.4) is 0 Å². The third kappa shape index (κ3) is 2.70. The van der Waals surface area contributed by atoms with Gasteiger partial charge in [-0.25, -0.2) is 9.78 Å². The van der Waals surface area contributed by atoms with Crippen molar-refractivity contribution in [2.45, 2.75) is 13.5 Å². The van der Waals surface area contributed by atoms with Crippen LogP contribution in [-0.2, 0) is 11.3 Å². The number of ketones is 1. The highest BCUT2D eigenvalue weighted by molar-refractivity contribution is 5.95. The summed E-state index contributed by atoms with van der Waals surface area (Å²) in [5, 5.41) is 0. The number of Topliss-reactive ketones (excluding diaryl/α,β-unsaturated/α-hetero) is 1. The molecule has 0 aliphatic rings. The number of carbonyl (C=O) groups is 2. The lowest BCUT2D eigenvalue weighted by Gasteiger charge is -2.09. The molecule has 2 aromatic rings. The maximum atomic E-state index is 11.6. The molecule has 0 saturated carbocycles. The molecule has 2 rings (SSSR count). The lowest BCUT2D eigenvalue weighted by Crippen LogP contribution is -2.12. The fourth-order valence-electron chi connectivity index (χ4n) is 1.91. The van der Waals surface area contributed by atoms with Crippen LogP contribution in [0.4, 0.5) is 0 Å². The first-order valence-corrected chi connectivity index (χ1v) is 5.80. The number of rotatable bonds is 4. The van der Waals surface area contributed by atoms with E-state index >= 15 is 0 Å². The number of carbonyl (C=O) groups excluding carboxylic acids is 2. The van der Waals surface area contributed by atoms with E-state index in [0.717, 1.165) is 5.56 Å². The zero-order valence-corrected chi connectivity index (χ0v) is 10.8. The van der Waals surface area contributed by atoms with Gasteiger partial charge in [-0.3, -0.25) is 4.79 Å². The molecule has 0 radical (unpaired) electrons. The molecule has 0 aliphatic carbocycles. The van der Waals surface area contributed by atoms with Gasteiger partial charge in [-0.15, -0.1) is 0 Å². The van der Waals surface area contributed by atoms with E-state index in [-0.39, 0.29) is 5.78 Å². The molecule has 0 fully saturated rings. The number of methoxy groups -OCH3 is 1. The third-order valence-electron chi connectivity index (χ3n) is 2.84. The monoisotopic (exact) mass is 258 g/mol. The van der Waals surface area contributed by atoms with Gasteiger partial charge in [-0.05, 0) is 12.5 Å².